The van der Waals surface area contributed by atoms with Crippen molar-refractivity contribution in [3.63, 3.8) is 0 Å². The molecule has 0 bridgehead atoms. The molecule has 2 N–H and O–H groups in total. The molecule has 0 aromatic heterocycles. The SMILES string of the molecule is CCC(C)N(C)CCNC(=O)N1CCSCC1C(=O)O. The molecule has 0 saturated carbocycles. The van der Waals surface area contributed by atoms with Gasteiger partial charge in [0.25, 0.3) is 0 Å². The molecule has 0 aromatic carbocycles. The Bertz CT molecular complexity index is 341. The Balaban J connectivity index is 2.39. The number of thioether (sulfide) groups is 1. The average molecular weight is 303 g/mol. The molecule has 6 nitrogen and oxygen atoms in total. The minimum Gasteiger partial charge on any atom is -0.480 e. The molecule has 1 saturated heterocycles. The number of carboxylic acids is 1. The molecular weight excluding hydrogens is 278 g/mol. The monoisotopic (exact) mass is 303 g/mol. The van der Waals surface area contributed by atoms with E-state index in [0.717, 1.165) is 18.7 Å². The second-order valence-corrected chi connectivity index (χ2v) is 6.24. The fraction of sp³-hybridized carbons (Fsp3) is 0.846. The van der Waals surface area contributed by atoms with Gasteiger partial charge in [-0.25, -0.2) is 9.59 Å². The van der Waals surface area contributed by atoms with E-state index in [1.807, 2.05) is 7.05 Å². The van der Waals surface area contributed by atoms with Crippen LogP contribution in [0, 0.1) is 0 Å². The van der Waals surface area contributed by atoms with Crippen molar-refractivity contribution in [2.75, 3.05) is 38.2 Å². The maximum atomic E-state index is 12.1. The first-order chi connectivity index (χ1) is 9.47. The van der Waals surface area contributed by atoms with Gasteiger partial charge in [0, 0.05) is 37.2 Å². The van der Waals surface area contributed by atoms with E-state index in [2.05, 4.69) is 24.1 Å². The molecule has 0 radical (unpaired) electrons. The number of carbonyl (C=O) groups excluding carboxylic acids is 1. The predicted molar refractivity (Wildman–Crippen MR) is 81.2 cm³/mol. The van der Waals surface area contributed by atoms with Crippen LogP contribution in [0.5, 0.6) is 0 Å². The van der Waals surface area contributed by atoms with E-state index < -0.39 is 12.0 Å². The van der Waals surface area contributed by atoms with Crippen LogP contribution in [0.2, 0.25) is 0 Å². The fourth-order valence-corrected chi connectivity index (χ4v) is 3.06. The highest BCUT2D eigenvalue weighted by Gasteiger charge is 2.32. The average Bonchev–Trinajstić information content (AvgIpc) is 2.45. The maximum absolute atomic E-state index is 12.1. The molecule has 116 valence electrons. The Labute approximate surface area is 124 Å². The topological polar surface area (TPSA) is 72.9 Å². The molecule has 2 amide bonds. The summed E-state index contributed by atoms with van der Waals surface area (Å²) in [5.74, 6) is 0.337. The summed E-state index contributed by atoms with van der Waals surface area (Å²) in [6.07, 6.45) is 1.06. The van der Waals surface area contributed by atoms with Crippen molar-refractivity contribution in [1.29, 1.82) is 0 Å². The number of nitrogens with one attached hydrogen (secondary N) is 1. The number of rotatable bonds is 6. The Morgan fingerprint density at radius 3 is 2.85 bits per heavy atom. The molecule has 2 unspecified atom stereocenters. The minimum absolute atomic E-state index is 0.268. The van der Waals surface area contributed by atoms with Gasteiger partial charge in [-0.05, 0) is 20.4 Å². The van der Waals surface area contributed by atoms with Crippen LogP contribution in [-0.4, -0.2) is 77.2 Å². The molecule has 1 fully saturated rings. The largest absolute Gasteiger partial charge is 0.480 e. The molecule has 1 aliphatic rings. The van der Waals surface area contributed by atoms with Crippen molar-refractivity contribution in [3.05, 3.63) is 0 Å². The van der Waals surface area contributed by atoms with Crippen LogP contribution < -0.4 is 5.32 Å². The summed E-state index contributed by atoms with van der Waals surface area (Å²) >= 11 is 1.58. The number of carbonyl (C=O) groups is 2. The number of hydrogen-bond acceptors (Lipinski definition) is 4. The van der Waals surface area contributed by atoms with Gasteiger partial charge in [-0.1, -0.05) is 6.92 Å². The van der Waals surface area contributed by atoms with Crippen LogP contribution in [0.15, 0.2) is 0 Å². The van der Waals surface area contributed by atoms with Crippen LogP contribution in [0.1, 0.15) is 20.3 Å². The molecule has 2 atom stereocenters. The summed E-state index contributed by atoms with van der Waals surface area (Å²) < 4.78 is 0. The van der Waals surface area contributed by atoms with Gasteiger partial charge in [0.2, 0.25) is 0 Å². The molecule has 1 aliphatic heterocycles. The smallest absolute Gasteiger partial charge is 0.327 e. The van der Waals surface area contributed by atoms with Gasteiger partial charge in [-0.15, -0.1) is 0 Å². The van der Waals surface area contributed by atoms with Gasteiger partial charge in [-0.2, -0.15) is 11.8 Å². The molecule has 20 heavy (non-hydrogen) atoms. The van der Waals surface area contributed by atoms with Gasteiger partial charge in [0.05, 0.1) is 0 Å². The molecule has 0 spiro atoms. The summed E-state index contributed by atoms with van der Waals surface area (Å²) in [7, 11) is 2.03. The number of nitrogens with zero attached hydrogens (tertiary/aromatic N) is 2. The number of hydrogen-bond donors (Lipinski definition) is 2. The quantitative estimate of drug-likeness (QED) is 0.763. The molecular formula is C13H25N3O3S. The van der Waals surface area contributed by atoms with Crippen LogP contribution in [-0.2, 0) is 4.79 Å². The highest BCUT2D eigenvalue weighted by molar-refractivity contribution is 7.99. The van der Waals surface area contributed by atoms with Crippen molar-refractivity contribution >= 4 is 23.8 Å². The zero-order valence-corrected chi connectivity index (χ0v) is 13.3. The van der Waals surface area contributed by atoms with E-state index >= 15 is 0 Å². The normalized spacial score (nSPS) is 20.8. The second-order valence-electron chi connectivity index (χ2n) is 5.09. The summed E-state index contributed by atoms with van der Waals surface area (Å²) in [5.41, 5.74) is 0. The summed E-state index contributed by atoms with van der Waals surface area (Å²) in [6.45, 7) is 6.07. The third-order valence-electron chi connectivity index (χ3n) is 3.76. The van der Waals surface area contributed by atoms with Crippen molar-refractivity contribution < 1.29 is 14.7 Å². The lowest BCUT2D eigenvalue weighted by atomic mass is 10.2. The zero-order valence-electron chi connectivity index (χ0n) is 12.5. The first kappa shape index (κ1) is 17.1. The van der Waals surface area contributed by atoms with E-state index in [1.54, 1.807) is 11.8 Å². The first-order valence-electron chi connectivity index (χ1n) is 7.02. The highest BCUT2D eigenvalue weighted by Crippen LogP contribution is 2.16. The Morgan fingerprint density at radius 1 is 1.55 bits per heavy atom. The van der Waals surface area contributed by atoms with Crippen molar-refractivity contribution in [1.82, 2.24) is 15.1 Å². The number of urea groups is 1. The van der Waals surface area contributed by atoms with Gasteiger partial charge < -0.3 is 20.2 Å². The van der Waals surface area contributed by atoms with Crippen molar-refractivity contribution in [2.24, 2.45) is 0 Å². The van der Waals surface area contributed by atoms with E-state index in [9.17, 15) is 9.59 Å². The van der Waals surface area contributed by atoms with Gasteiger partial charge in [0.1, 0.15) is 6.04 Å². The first-order valence-corrected chi connectivity index (χ1v) is 8.18. The number of likely N-dealkylation sites (N-methyl/N-ethyl adjacent to an activating group) is 1. The highest BCUT2D eigenvalue weighted by atomic mass is 32.2. The van der Waals surface area contributed by atoms with Crippen LogP contribution in [0.25, 0.3) is 0 Å². The molecule has 1 heterocycles. The van der Waals surface area contributed by atoms with Crippen molar-refractivity contribution in [3.8, 4) is 0 Å². The number of aliphatic carboxylic acids is 1. The maximum Gasteiger partial charge on any atom is 0.327 e. The lowest BCUT2D eigenvalue weighted by molar-refractivity contribution is -0.141. The third-order valence-corrected chi connectivity index (χ3v) is 4.78. The minimum atomic E-state index is -0.927. The molecule has 1 rings (SSSR count). The van der Waals surface area contributed by atoms with Crippen LogP contribution >= 0.6 is 11.8 Å². The predicted octanol–water partition coefficient (Wildman–Crippen LogP) is 0.928. The van der Waals surface area contributed by atoms with E-state index in [4.69, 9.17) is 5.11 Å². The van der Waals surface area contributed by atoms with E-state index in [0.29, 0.717) is 24.9 Å². The van der Waals surface area contributed by atoms with Gasteiger partial charge in [0.15, 0.2) is 0 Å². The second kappa shape index (κ2) is 8.36. The zero-order chi connectivity index (χ0) is 15.1. The number of amides is 2. The lowest BCUT2D eigenvalue weighted by Gasteiger charge is -2.33. The van der Waals surface area contributed by atoms with Crippen molar-refractivity contribution in [2.45, 2.75) is 32.4 Å². The number of carboxylic acid groups (broad SMARTS) is 1. The standard InChI is InChI=1S/C13H25N3O3S/c1-4-10(2)15(3)6-5-14-13(19)16-7-8-20-9-11(16)12(17)18/h10-11H,4-9H2,1-3H3,(H,14,19)(H,17,18). The van der Waals surface area contributed by atoms with E-state index in [1.165, 1.54) is 4.90 Å². The van der Waals surface area contributed by atoms with E-state index in [-0.39, 0.29) is 6.03 Å². The van der Waals surface area contributed by atoms with Crippen LogP contribution in [0.4, 0.5) is 4.79 Å². The summed E-state index contributed by atoms with van der Waals surface area (Å²) in [4.78, 5) is 26.8. The Kier molecular flexibility index (Phi) is 7.15. The lowest BCUT2D eigenvalue weighted by Crippen LogP contribution is -2.54. The molecule has 0 aliphatic carbocycles. The molecule has 7 heteroatoms. The fourth-order valence-electron chi connectivity index (χ4n) is 2.02. The van der Waals surface area contributed by atoms with Gasteiger partial charge in [-0.3, -0.25) is 0 Å². The summed E-state index contributed by atoms with van der Waals surface area (Å²) in [5, 5.41) is 12.0. The van der Waals surface area contributed by atoms with Crippen LogP contribution in [0.3, 0.4) is 0 Å². The molecule has 0 aromatic rings. The third kappa shape index (κ3) is 4.86. The Hall–Kier alpha value is -0.950. The summed E-state index contributed by atoms with van der Waals surface area (Å²) in [6, 6.07) is -0.499. The van der Waals surface area contributed by atoms with Gasteiger partial charge >= 0.3 is 12.0 Å². The Morgan fingerprint density at radius 2 is 2.25 bits per heavy atom.